The number of methoxy groups -OCH3 is 1. The lowest BCUT2D eigenvalue weighted by molar-refractivity contribution is -0.386. The number of nitro groups is 1. The molecule has 0 aliphatic rings. The summed E-state index contributed by atoms with van der Waals surface area (Å²) < 4.78 is 16.7. The van der Waals surface area contributed by atoms with Gasteiger partial charge in [0.1, 0.15) is 24.7 Å². The van der Waals surface area contributed by atoms with E-state index in [2.05, 4.69) is 4.98 Å². The zero-order valence-electron chi connectivity index (χ0n) is 17.4. The number of aryl methyl sites for hydroxylation is 1. The van der Waals surface area contributed by atoms with Crippen molar-refractivity contribution in [2.24, 2.45) is 0 Å². The van der Waals surface area contributed by atoms with Gasteiger partial charge in [-0.2, -0.15) is 0 Å². The highest BCUT2D eigenvalue weighted by Crippen LogP contribution is 2.29. The summed E-state index contributed by atoms with van der Waals surface area (Å²) in [4.78, 5) is 37.5. The first-order valence-electron chi connectivity index (χ1n) is 9.57. The number of ether oxygens (including phenoxy) is 3. The highest BCUT2D eigenvalue weighted by atomic mass is 16.6. The summed E-state index contributed by atoms with van der Waals surface area (Å²) in [5.41, 5.74) is -1.12. The SMILES string of the molecule is COc1cc(/C=C/c2[nH]c(=O)[nH]c(=O)c2[N+](=O)[O-])ccc1OCCOc1ccc(C)cc1. The predicted octanol–water partition coefficient (Wildman–Crippen LogP) is 2.92. The van der Waals surface area contributed by atoms with Gasteiger partial charge in [-0.15, -0.1) is 0 Å². The molecule has 2 N–H and O–H groups in total. The van der Waals surface area contributed by atoms with E-state index in [0.29, 0.717) is 30.3 Å². The number of aromatic amines is 2. The van der Waals surface area contributed by atoms with E-state index in [-0.39, 0.29) is 5.69 Å². The Morgan fingerprint density at radius 2 is 1.69 bits per heavy atom. The van der Waals surface area contributed by atoms with Crippen LogP contribution in [0, 0.1) is 17.0 Å². The Labute approximate surface area is 182 Å². The van der Waals surface area contributed by atoms with Crippen molar-refractivity contribution in [1.29, 1.82) is 0 Å². The van der Waals surface area contributed by atoms with Crippen molar-refractivity contribution in [1.82, 2.24) is 9.97 Å². The van der Waals surface area contributed by atoms with Gasteiger partial charge < -0.3 is 19.2 Å². The fourth-order valence-electron chi connectivity index (χ4n) is 2.83. The van der Waals surface area contributed by atoms with Gasteiger partial charge in [0, 0.05) is 0 Å². The Bertz CT molecular complexity index is 1240. The quantitative estimate of drug-likeness (QED) is 0.297. The molecule has 3 aromatic rings. The van der Waals surface area contributed by atoms with E-state index in [1.807, 2.05) is 36.2 Å². The van der Waals surface area contributed by atoms with Crippen LogP contribution in [0.3, 0.4) is 0 Å². The Hall–Kier alpha value is -4.34. The van der Waals surface area contributed by atoms with Crippen LogP contribution in [0.15, 0.2) is 52.1 Å². The third-order valence-corrected chi connectivity index (χ3v) is 4.39. The van der Waals surface area contributed by atoms with Gasteiger partial charge in [-0.1, -0.05) is 29.8 Å². The molecule has 0 atom stereocenters. The maximum atomic E-state index is 11.7. The van der Waals surface area contributed by atoms with Gasteiger partial charge in [0.2, 0.25) is 0 Å². The van der Waals surface area contributed by atoms with Crippen LogP contribution in [0.4, 0.5) is 5.69 Å². The van der Waals surface area contributed by atoms with Crippen molar-refractivity contribution in [2.75, 3.05) is 20.3 Å². The number of nitrogens with one attached hydrogen (secondary N) is 2. The van der Waals surface area contributed by atoms with Crippen LogP contribution < -0.4 is 25.5 Å². The van der Waals surface area contributed by atoms with E-state index in [1.165, 1.54) is 19.3 Å². The minimum absolute atomic E-state index is 0.212. The average molecular weight is 439 g/mol. The number of hydrogen-bond donors (Lipinski definition) is 2. The lowest BCUT2D eigenvalue weighted by Crippen LogP contribution is -2.25. The molecule has 0 spiro atoms. The normalized spacial score (nSPS) is 10.8. The summed E-state index contributed by atoms with van der Waals surface area (Å²) in [5.74, 6) is 1.68. The average Bonchev–Trinajstić information content (AvgIpc) is 2.76. The number of rotatable bonds is 9. The molecule has 0 aliphatic carbocycles. The summed E-state index contributed by atoms with van der Waals surface area (Å²) >= 11 is 0. The van der Waals surface area contributed by atoms with Gasteiger partial charge in [0.15, 0.2) is 11.5 Å². The summed E-state index contributed by atoms with van der Waals surface area (Å²) in [6.45, 7) is 2.63. The number of nitrogens with zero attached hydrogens (tertiary/aromatic N) is 1. The molecule has 166 valence electrons. The van der Waals surface area contributed by atoms with Crippen LogP contribution in [0.2, 0.25) is 0 Å². The first-order chi connectivity index (χ1) is 15.4. The van der Waals surface area contributed by atoms with Crippen LogP contribution in [0.5, 0.6) is 17.2 Å². The molecule has 0 radical (unpaired) electrons. The Morgan fingerprint density at radius 1 is 0.969 bits per heavy atom. The second kappa shape index (κ2) is 10.1. The van der Waals surface area contributed by atoms with Crippen molar-refractivity contribution in [3.63, 3.8) is 0 Å². The zero-order valence-corrected chi connectivity index (χ0v) is 17.4. The molecule has 1 heterocycles. The summed E-state index contributed by atoms with van der Waals surface area (Å²) in [6.07, 6.45) is 2.78. The van der Waals surface area contributed by atoms with Crippen LogP contribution in [-0.2, 0) is 0 Å². The molecule has 0 saturated heterocycles. The van der Waals surface area contributed by atoms with Crippen molar-refractivity contribution in [2.45, 2.75) is 6.92 Å². The van der Waals surface area contributed by atoms with E-state index in [9.17, 15) is 19.7 Å². The van der Waals surface area contributed by atoms with Crippen molar-refractivity contribution in [3.05, 3.63) is 90.2 Å². The van der Waals surface area contributed by atoms with E-state index in [1.54, 1.807) is 18.2 Å². The highest BCUT2D eigenvalue weighted by Gasteiger charge is 2.18. The maximum absolute atomic E-state index is 11.7. The van der Waals surface area contributed by atoms with Gasteiger partial charge in [-0.05, 0) is 42.8 Å². The molecule has 0 fully saturated rings. The topological polar surface area (TPSA) is 137 Å². The van der Waals surface area contributed by atoms with Gasteiger partial charge in [-0.3, -0.25) is 19.9 Å². The second-order valence-corrected chi connectivity index (χ2v) is 6.68. The lowest BCUT2D eigenvalue weighted by Gasteiger charge is -2.12. The minimum Gasteiger partial charge on any atom is -0.493 e. The monoisotopic (exact) mass is 439 g/mol. The van der Waals surface area contributed by atoms with Crippen LogP contribution in [-0.4, -0.2) is 35.2 Å². The van der Waals surface area contributed by atoms with Crippen molar-refractivity contribution < 1.29 is 19.1 Å². The summed E-state index contributed by atoms with van der Waals surface area (Å²) in [7, 11) is 1.48. The van der Waals surface area contributed by atoms with Gasteiger partial charge >= 0.3 is 16.9 Å². The van der Waals surface area contributed by atoms with Gasteiger partial charge in [0.25, 0.3) is 0 Å². The Kier molecular flexibility index (Phi) is 7.06. The molecule has 0 bridgehead atoms. The minimum atomic E-state index is -1.08. The van der Waals surface area contributed by atoms with Crippen LogP contribution in [0.25, 0.3) is 12.2 Å². The number of hydrogen-bond acceptors (Lipinski definition) is 7. The molecule has 0 unspecified atom stereocenters. The molecule has 10 nitrogen and oxygen atoms in total. The Morgan fingerprint density at radius 3 is 2.38 bits per heavy atom. The van der Waals surface area contributed by atoms with Crippen molar-refractivity contribution in [3.8, 4) is 17.2 Å². The highest BCUT2D eigenvalue weighted by molar-refractivity contribution is 5.72. The molecule has 0 amide bonds. The van der Waals surface area contributed by atoms with Gasteiger partial charge in [0.05, 0.1) is 12.0 Å². The van der Waals surface area contributed by atoms with E-state index in [4.69, 9.17) is 14.2 Å². The molecule has 0 aliphatic heterocycles. The fraction of sp³-hybridized carbons (Fsp3) is 0.182. The first-order valence-corrected chi connectivity index (χ1v) is 9.57. The molecule has 0 saturated carbocycles. The molecule has 3 rings (SSSR count). The maximum Gasteiger partial charge on any atom is 0.357 e. The van der Waals surface area contributed by atoms with Crippen molar-refractivity contribution >= 4 is 17.8 Å². The fourth-order valence-corrected chi connectivity index (χ4v) is 2.83. The van der Waals surface area contributed by atoms with E-state index >= 15 is 0 Å². The van der Waals surface area contributed by atoms with E-state index in [0.717, 1.165) is 11.3 Å². The third kappa shape index (κ3) is 5.63. The van der Waals surface area contributed by atoms with E-state index < -0.39 is 21.9 Å². The summed E-state index contributed by atoms with van der Waals surface area (Å²) in [5, 5.41) is 11.1. The molecule has 10 heteroatoms. The third-order valence-electron chi connectivity index (χ3n) is 4.39. The zero-order chi connectivity index (χ0) is 23.1. The Balaban J connectivity index is 1.69. The van der Waals surface area contributed by atoms with Crippen LogP contribution >= 0.6 is 0 Å². The lowest BCUT2D eigenvalue weighted by atomic mass is 10.1. The number of aromatic nitrogens is 2. The number of benzene rings is 2. The molecule has 32 heavy (non-hydrogen) atoms. The predicted molar refractivity (Wildman–Crippen MR) is 118 cm³/mol. The summed E-state index contributed by atoms with van der Waals surface area (Å²) in [6, 6.07) is 12.7. The smallest absolute Gasteiger partial charge is 0.357 e. The molecule has 2 aromatic carbocycles. The van der Waals surface area contributed by atoms with Gasteiger partial charge in [-0.25, -0.2) is 4.79 Å². The first kappa shape index (κ1) is 22.3. The number of H-pyrrole nitrogens is 2. The molecular weight excluding hydrogens is 418 g/mol. The largest absolute Gasteiger partial charge is 0.493 e. The standard InChI is InChI=1S/C22H21N3O7/c1-14-3-7-16(8-4-14)31-11-12-32-18-10-6-15(13-19(18)30-2)5-9-17-20(25(28)29)21(26)24-22(27)23-17/h3-10,13H,11-12H2,1-2H3,(H2,23,24,26,27)/b9-5+. The molecule has 1 aromatic heterocycles. The second-order valence-electron chi connectivity index (χ2n) is 6.68. The van der Waals surface area contributed by atoms with Crippen LogP contribution in [0.1, 0.15) is 16.8 Å². The molecular formula is C22H21N3O7.